The Morgan fingerprint density at radius 2 is 1.53 bits per heavy atom. The number of carboxylic acid groups (broad SMARTS) is 1. The molecule has 0 amide bonds. The number of carboxylic acids is 1. The first-order chi connectivity index (χ1) is 18.2. The molecule has 0 unspecified atom stereocenters. The number of aliphatic carboxylic acids is 1. The SMILES string of the molecule is C[C@H](CCC(=O)O)[C@H]1CC[C@H]2[C@@H]3[C@H](OC=O)[C@H](OC=O)[C@@H]4C[C@H](OC=O)CC[C@]4(C)[C@H]3C[C@H](OC=O)[C@]12C. The van der Waals surface area contributed by atoms with Gasteiger partial charge in [-0.3, -0.25) is 24.0 Å². The zero-order valence-corrected chi connectivity index (χ0v) is 22.4. The first-order valence-corrected chi connectivity index (χ1v) is 13.7. The van der Waals surface area contributed by atoms with Crippen LogP contribution in [-0.2, 0) is 42.9 Å². The molecule has 4 fully saturated rings. The minimum absolute atomic E-state index is 0.00732. The predicted octanol–water partition coefficient (Wildman–Crippen LogP) is 3.14. The van der Waals surface area contributed by atoms with Crippen molar-refractivity contribution in [3.8, 4) is 0 Å². The van der Waals surface area contributed by atoms with Crippen LogP contribution in [0.2, 0.25) is 0 Å². The zero-order valence-electron chi connectivity index (χ0n) is 22.4. The number of fused-ring (bicyclic) bond motifs is 5. The van der Waals surface area contributed by atoms with E-state index in [0.717, 1.165) is 19.3 Å². The third-order valence-corrected chi connectivity index (χ3v) is 11.2. The van der Waals surface area contributed by atoms with Crippen molar-refractivity contribution in [3.63, 3.8) is 0 Å². The first-order valence-electron chi connectivity index (χ1n) is 13.7. The van der Waals surface area contributed by atoms with E-state index in [4.69, 9.17) is 18.9 Å². The molecule has 10 nitrogen and oxygen atoms in total. The van der Waals surface area contributed by atoms with E-state index in [1.165, 1.54) is 0 Å². The number of rotatable bonds is 12. The van der Waals surface area contributed by atoms with Crippen LogP contribution in [0.1, 0.15) is 72.1 Å². The highest BCUT2D eigenvalue weighted by molar-refractivity contribution is 5.66. The van der Waals surface area contributed by atoms with Crippen LogP contribution in [-0.4, -0.2) is 61.4 Å². The van der Waals surface area contributed by atoms with Gasteiger partial charge in [0.25, 0.3) is 25.9 Å². The van der Waals surface area contributed by atoms with Crippen LogP contribution in [0.15, 0.2) is 0 Å². The van der Waals surface area contributed by atoms with E-state index < -0.39 is 23.6 Å². The zero-order chi connectivity index (χ0) is 27.7. The Bertz CT molecular complexity index is 908. The van der Waals surface area contributed by atoms with Crippen molar-refractivity contribution in [1.82, 2.24) is 0 Å². The van der Waals surface area contributed by atoms with Gasteiger partial charge in [0.1, 0.15) is 24.4 Å². The second-order valence-corrected chi connectivity index (χ2v) is 12.3. The molecule has 0 aliphatic heterocycles. The molecule has 0 aromatic heterocycles. The molecule has 0 aromatic rings. The number of hydrogen-bond acceptors (Lipinski definition) is 9. The third kappa shape index (κ3) is 4.57. The summed E-state index contributed by atoms with van der Waals surface area (Å²) in [5.74, 6) is -0.971. The van der Waals surface area contributed by atoms with Crippen LogP contribution in [0.5, 0.6) is 0 Å². The summed E-state index contributed by atoms with van der Waals surface area (Å²) in [6, 6.07) is 0. The standard InChI is InChI=1S/C28H40O10/c1-16(4-7-23(33)34)18-5-6-19-24-20(11-22(36-13-30)28(18,19)3)27(2)9-8-17(35-12-29)10-21(27)25(37-14-31)26(24)38-15-32/h12-22,24-26H,4-11H2,1-3H3,(H,33,34)/t16-,17-,18-,19+,20+,21+,22+,24+,25-,26+,27-,28-/m1/s1. The molecule has 38 heavy (non-hydrogen) atoms. The third-order valence-electron chi connectivity index (χ3n) is 11.2. The maximum atomic E-state index is 11.8. The van der Waals surface area contributed by atoms with Gasteiger partial charge in [-0.15, -0.1) is 0 Å². The number of carbonyl (C=O) groups is 5. The maximum Gasteiger partial charge on any atom is 0.303 e. The molecular weight excluding hydrogens is 496 g/mol. The molecule has 4 rings (SSSR count). The number of carbonyl (C=O) groups excluding carboxylic acids is 4. The highest BCUT2D eigenvalue weighted by atomic mass is 16.6. The van der Waals surface area contributed by atoms with Gasteiger partial charge in [-0.2, -0.15) is 0 Å². The second-order valence-electron chi connectivity index (χ2n) is 12.3. The van der Waals surface area contributed by atoms with Gasteiger partial charge in [0.2, 0.25) is 0 Å². The molecule has 4 aliphatic rings. The van der Waals surface area contributed by atoms with E-state index in [1.54, 1.807) is 0 Å². The average molecular weight is 537 g/mol. The van der Waals surface area contributed by atoms with Crippen LogP contribution in [0, 0.1) is 46.3 Å². The van der Waals surface area contributed by atoms with Crippen LogP contribution in [0.25, 0.3) is 0 Å². The smallest absolute Gasteiger partial charge is 0.303 e. The van der Waals surface area contributed by atoms with Gasteiger partial charge in [-0.05, 0) is 74.0 Å². The average Bonchev–Trinajstić information content (AvgIpc) is 3.24. The summed E-state index contributed by atoms with van der Waals surface area (Å²) in [5, 5.41) is 9.27. The lowest BCUT2D eigenvalue weighted by Crippen LogP contribution is -2.67. The number of hydrogen-bond donors (Lipinski definition) is 1. The van der Waals surface area contributed by atoms with Crippen LogP contribution < -0.4 is 0 Å². The Labute approximate surface area is 223 Å². The van der Waals surface area contributed by atoms with E-state index in [1.807, 2.05) is 0 Å². The minimum Gasteiger partial charge on any atom is -0.481 e. The van der Waals surface area contributed by atoms with Crippen LogP contribution in [0.3, 0.4) is 0 Å². The van der Waals surface area contributed by atoms with Gasteiger partial charge >= 0.3 is 5.97 Å². The van der Waals surface area contributed by atoms with Crippen LogP contribution >= 0.6 is 0 Å². The molecule has 1 N–H and O–H groups in total. The molecule has 0 heterocycles. The lowest BCUT2D eigenvalue weighted by molar-refractivity contribution is -0.251. The van der Waals surface area contributed by atoms with Crippen molar-refractivity contribution in [2.75, 3.05) is 0 Å². The van der Waals surface area contributed by atoms with Gasteiger partial charge in [-0.1, -0.05) is 20.8 Å². The van der Waals surface area contributed by atoms with Gasteiger partial charge < -0.3 is 24.1 Å². The Morgan fingerprint density at radius 3 is 2.16 bits per heavy atom. The molecule has 212 valence electrons. The second kappa shape index (κ2) is 11.2. The van der Waals surface area contributed by atoms with Crippen molar-refractivity contribution in [3.05, 3.63) is 0 Å². The number of ether oxygens (including phenoxy) is 4. The molecular formula is C28H40O10. The Morgan fingerprint density at radius 1 is 0.868 bits per heavy atom. The lowest BCUT2D eigenvalue weighted by Gasteiger charge is -2.65. The van der Waals surface area contributed by atoms with Crippen molar-refractivity contribution < 1.29 is 48.0 Å². The monoisotopic (exact) mass is 536 g/mol. The largest absolute Gasteiger partial charge is 0.481 e. The molecule has 0 saturated heterocycles. The Kier molecular flexibility index (Phi) is 8.37. The quantitative estimate of drug-likeness (QED) is 0.292. The summed E-state index contributed by atoms with van der Waals surface area (Å²) in [6.45, 7) is 8.15. The maximum absolute atomic E-state index is 11.8. The fraction of sp³-hybridized carbons (Fsp3) is 0.821. The highest BCUT2D eigenvalue weighted by Crippen LogP contribution is 2.69. The van der Waals surface area contributed by atoms with E-state index in [-0.39, 0.29) is 59.6 Å². The summed E-state index contributed by atoms with van der Waals surface area (Å²) in [5.41, 5.74) is -0.792. The van der Waals surface area contributed by atoms with Crippen molar-refractivity contribution in [1.29, 1.82) is 0 Å². The summed E-state index contributed by atoms with van der Waals surface area (Å²) in [6.07, 6.45) is 2.58. The van der Waals surface area contributed by atoms with Crippen molar-refractivity contribution in [2.24, 2.45) is 46.3 Å². The molecule has 10 heteroatoms. The minimum atomic E-state index is -0.838. The van der Waals surface area contributed by atoms with Gasteiger partial charge in [-0.25, -0.2) is 0 Å². The molecule has 12 atom stereocenters. The van der Waals surface area contributed by atoms with E-state index in [9.17, 15) is 29.1 Å². The lowest BCUT2D eigenvalue weighted by atomic mass is 9.42. The Balaban J connectivity index is 1.77. The topological polar surface area (TPSA) is 143 Å². The summed E-state index contributed by atoms with van der Waals surface area (Å²) in [4.78, 5) is 57.7. The first kappa shape index (κ1) is 28.4. The van der Waals surface area contributed by atoms with E-state index in [2.05, 4.69) is 20.8 Å². The Hall–Kier alpha value is -2.65. The molecule has 4 saturated carbocycles. The predicted molar refractivity (Wildman–Crippen MR) is 131 cm³/mol. The summed E-state index contributed by atoms with van der Waals surface area (Å²) in [7, 11) is 0. The molecule has 0 bridgehead atoms. The molecule has 4 aliphatic carbocycles. The summed E-state index contributed by atoms with van der Waals surface area (Å²) >= 11 is 0. The van der Waals surface area contributed by atoms with E-state index >= 15 is 0 Å². The summed E-state index contributed by atoms with van der Waals surface area (Å²) < 4.78 is 22.6. The fourth-order valence-corrected chi connectivity index (χ4v) is 9.57. The highest BCUT2D eigenvalue weighted by Gasteiger charge is 2.70. The van der Waals surface area contributed by atoms with Crippen molar-refractivity contribution in [2.45, 2.75) is 96.6 Å². The van der Waals surface area contributed by atoms with Gasteiger partial charge in [0.15, 0.2) is 0 Å². The molecule has 0 aromatic carbocycles. The fourth-order valence-electron chi connectivity index (χ4n) is 9.57. The normalized spacial score (nSPS) is 44.2. The van der Waals surface area contributed by atoms with Gasteiger partial charge in [0, 0.05) is 23.7 Å². The molecule has 0 radical (unpaired) electrons. The van der Waals surface area contributed by atoms with Gasteiger partial charge in [0.05, 0.1) is 0 Å². The van der Waals surface area contributed by atoms with Crippen molar-refractivity contribution >= 4 is 31.9 Å². The van der Waals surface area contributed by atoms with Crippen LogP contribution in [0.4, 0.5) is 0 Å². The van der Waals surface area contributed by atoms with E-state index in [0.29, 0.717) is 51.6 Å². The molecule has 0 spiro atoms.